The van der Waals surface area contributed by atoms with E-state index >= 15 is 0 Å². The number of nitrogens with one attached hydrogen (secondary N) is 2. The third-order valence-corrected chi connectivity index (χ3v) is 4.01. The van der Waals surface area contributed by atoms with Crippen LogP contribution in [0.4, 0.5) is 10.1 Å². The molecule has 0 aliphatic heterocycles. The van der Waals surface area contributed by atoms with Gasteiger partial charge in [0.1, 0.15) is 5.82 Å². The summed E-state index contributed by atoms with van der Waals surface area (Å²) in [5, 5.41) is 7.13. The molecule has 7 heteroatoms. The lowest BCUT2D eigenvalue weighted by atomic mass is 10.1. The van der Waals surface area contributed by atoms with Crippen LogP contribution in [-0.2, 0) is 0 Å². The zero-order valence-electron chi connectivity index (χ0n) is 14.5. The van der Waals surface area contributed by atoms with E-state index in [0.29, 0.717) is 27.4 Å². The molecule has 0 fully saturated rings. The summed E-state index contributed by atoms with van der Waals surface area (Å²) in [5.41, 5.74) is 4.44. The Kier molecular flexibility index (Phi) is 6.14. The van der Waals surface area contributed by atoms with E-state index in [9.17, 15) is 14.0 Å². The van der Waals surface area contributed by atoms with Gasteiger partial charge in [0.2, 0.25) is 0 Å². The summed E-state index contributed by atoms with van der Waals surface area (Å²) >= 11 is 5.81. The molecule has 0 radical (unpaired) electrons. The number of anilines is 1. The molecule has 0 saturated heterocycles. The summed E-state index contributed by atoms with van der Waals surface area (Å²) in [6, 6.07) is 18.6. The van der Waals surface area contributed by atoms with Crippen molar-refractivity contribution in [2.75, 3.05) is 5.32 Å². The van der Waals surface area contributed by atoms with Gasteiger partial charge in [-0.1, -0.05) is 23.7 Å². The minimum Gasteiger partial charge on any atom is -0.322 e. The first-order valence-electron chi connectivity index (χ1n) is 8.27. The summed E-state index contributed by atoms with van der Waals surface area (Å²) in [7, 11) is 0. The third kappa shape index (κ3) is 5.25. The normalized spacial score (nSPS) is 10.6. The number of benzene rings is 3. The number of halogens is 2. The standard InChI is InChI=1S/C21H15ClFN3O2/c22-17-7-3-15(4-8-17)20(27)25-19-11-5-16(6-12-19)21(28)26-24-13-14-1-9-18(23)10-2-14/h1-13H,(H,25,27)(H,26,28)/b24-13-. The Morgan fingerprint density at radius 2 is 1.39 bits per heavy atom. The summed E-state index contributed by atoms with van der Waals surface area (Å²) in [5.74, 6) is -1.03. The van der Waals surface area contributed by atoms with Crippen LogP contribution >= 0.6 is 11.6 Å². The first-order chi connectivity index (χ1) is 13.5. The molecule has 140 valence electrons. The van der Waals surface area contributed by atoms with Crippen LogP contribution in [0.3, 0.4) is 0 Å². The SMILES string of the molecule is O=C(N/N=C\c1ccc(F)cc1)c1ccc(NC(=O)c2ccc(Cl)cc2)cc1. The van der Waals surface area contributed by atoms with Gasteiger partial charge in [0, 0.05) is 21.8 Å². The van der Waals surface area contributed by atoms with E-state index in [2.05, 4.69) is 15.8 Å². The molecule has 0 atom stereocenters. The molecule has 0 saturated carbocycles. The Hall–Kier alpha value is -3.51. The van der Waals surface area contributed by atoms with Crippen LogP contribution < -0.4 is 10.7 Å². The molecule has 2 amide bonds. The van der Waals surface area contributed by atoms with Gasteiger partial charge in [0.15, 0.2) is 0 Å². The second-order valence-corrected chi connectivity index (χ2v) is 6.23. The number of rotatable bonds is 5. The number of carbonyl (C=O) groups excluding carboxylic acids is 2. The quantitative estimate of drug-likeness (QED) is 0.493. The molecule has 5 nitrogen and oxygen atoms in total. The average molecular weight is 396 g/mol. The molecule has 3 rings (SSSR count). The highest BCUT2D eigenvalue weighted by molar-refractivity contribution is 6.30. The smallest absolute Gasteiger partial charge is 0.271 e. The molecule has 0 heterocycles. The first kappa shape index (κ1) is 19.3. The molecule has 2 N–H and O–H groups in total. The van der Waals surface area contributed by atoms with Crippen LogP contribution in [0.1, 0.15) is 26.3 Å². The Morgan fingerprint density at radius 3 is 2.04 bits per heavy atom. The lowest BCUT2D eigenvalue weighted by molar-refractivity contribution is 0.0954. The van der Waals surface area contributed by atoms with Crippen molar-refractivity contribution in [1.82, 2.24) is 5.43 Å². The van der Waals surface area contributed by atoms with E-state index in [4.69, 9.17) is 11.6 Å². The molecule has 0 aliphatic rings. The Balaban J connectivity index is 1.57. The van der Waals surface area contributed by atoms with Crippen molar-refractivity contribution in [2.24, 2.45) is 5.10 Å². The number of amides is 2. The van der Waals surface area contributed by atoms with Crippen LogP contribution in [0.15, 0.2) is 77.9 Å². The summed E-state index contributed by atoms with van der Waals surface area (Å²) < 4.78 is 12.8. The Bertz CT molecular complexity index is 1000. The summed E-state index contributed by atoms with van der Waals surface area (Å²) in [6.07, 6.45) is 1.41. The van der Waals surface area contributed by atoms with Crippen molar-refractivity contribution in [1.29, 1.82) is 0 Å². The highest BCUT2D eigenvalue weighted by atomic mass is 35.5. The Morgan fingerprint density at radius 1 is 0.821 bits per heavy atom. The van der Waals surface area contributed by atoms with Crippen molar-refractivity contribution in [3.8, 4) is 0 Å². The molecule has 0 bridgehead atoms. The van der Waals surface area contributed by atoms with E-state index in [1.54, 1.807) is 60.7 Å². The van der Waals surface area contributed by atoms with Gasteiger partial charge in [-0.2, -0.15) is 5.10 Å². The fraction of sp³-hybridized carbons (Fsp3) is 0. The fourth-order valence-corrected chi connectivity index (χ4v) is 2.41. The lowest BCUT2D eigenvalue weighted by Crippen LogP contribution is -2.17. The van der Waals surface area contributed by atoms with Crippen molar-refractivity contribution in [3.05, 3.63) is 100 Å². The van der Waals surface area contributed by atoms with Crippen LogP contribution in [0.2, 0.25) is 5.02 Å². The monoisotopic (exact) mass is 395 g/mol. The van der Waals surface area contributed by atoms with Gasteiger partial charge in [0.25, 0.3) is 11.8 Å². The zero-order chi connectivity index (χ0) is 19.9. The highest BCUT2D eigenvalue weighted by Gasteiger charge is 2.08. The minimum absolute atomic E-state index is 0.280. The molecule has 3 aromatic carbocycles. The van der Waals surface area contributed by atoms with Crippen LogP contribution in [0.5, 0.6) is 0 Å². The predicted octanol–water partition coefficient (Wildman–Crippen LogP) is 4.50. The van der Waals surface area contributed by atoms with Gasteiger partial charge in [-0.3, -0.25) is 9.59 Å². The van der Waals surface area contributed by atoms with E-state index in [0.717, 1.165) is 0 Å². The summed E-state index contributed by atoms with van der Waals surface area (Å²) in [4.78, 5) is 24.3. The van der Waals surface area contributed by atoms with Crippen molar-refractivity contribution >= 4 is 35.3 Å². The van der Waals surface area contributed by atoms with Crippen molar-refractivity contribution in [2.45, 2.75) is 0 Å². The third-order valence-electron chi connectivity index (χ3n) is 3.76. The average Bonchev–Trinajstić information content (AvgIpc) is 2.70. The Labute approximate surface area is 165 Å². The molecular formula is C21H15ClFN3O2. The fourth-order valence-electron chi connectivity index (χ4n) is 2.29. The molecule has 3 aromatic rings. The molecule has 0 spiro atoms. The van der Waals surface area contributed by atoms with E-state index in [-0.39, 0.29) is 11.7 Å². The van der Waals surface area contributed by atoms with Crippen molar-refractivity contribution < 1.29 is 14.0 Å². The van der Waals surface area contributed by atoms with Gasteiger partial charge in [-0.05, 0) is 66.2 Å². The molecule has 0 aliphatic carbocycles. The first-order valence-corrected chi connectivity index (χ1v) is 8.65. The van der Waals surface area contributed by atoms with Crippen LogP contribution in [0, 0.1) is 5.82 Å². The second kappa shape index (κ2) is 8.92. The van der Waals surface area contributed by atoms with Crippen LogP contribution in [-0.4, -0.2) is 18.0 Å². The number of hydrogen-bond donors (Lipinski definition) is 2. The maximum Gasteiger partial charge on any atom is 0.271 e. The zero-order valence-corrected chi connectivity index (χ0v) is 15.3. The number of hydrogen-bond acceptors (Lipinski definition) is 3. The lowest BCUT2D eigenvalue weighted by Gasteiger charge is -2.06. The van der Waals surface area contributed by atoms with Crippen molar-refractivity contribution in [3.63, 3.8) is 0 Å². The summed E-state index contributed by atoms with van der Waals surface area (Å²) in [6.45, 7) is 0. The van der Waals surface area contributed by atoms with Gasteiger partial charge < -0.3 is 5.32 Å². The molecule has 0 unspecified atom stereocenters. The van der Waals surface area contributed by atoms with E-state index < -0.39 is 5.91 Å². The van der Waals surface area contributed by atoms with E-state index in [1.807, 2.05) is 0 Å². The number of hydrazone groups is 1. The molecule has 28 heavy (non-hydrogen) atoms. The maximum absolute atomic E-state index is 12.8. The highest BCUT2D eigenvalue weighted by Crippen LogP contribution is 2.14. The van der Waals surface area contributed by atoms with Gasteiger partial charge in [-0.15, -0.1) is 0 Å². The second-order valence-electron chi connectivity index (χ2n) is 5.79. The van der Waals surface area contributed by atoms with E-state index in [1.165, 1.54) is 18.3 Å². The number of nitrogens with zero attached hydrogens (tertiary/aromatic N) is 1. The largest absolute Gasteiger partial charge is 0.322 e. The predicted molar refractivity (Wildman–Crippen MR) is 107 cm³/mol. The maximum atomic E-state index is 12.8. The van der Waals surface area contributed by atoms with Crippen LogP contribution in [0.25, 0.3) is 0 Å². The topological polar surface area (TPSA) is 70.6 Å². The van der Waals surface area contributed by atoms with Gasteiger partial charge >= 0.3 is 0 Å². The van der Waals surface area contributed by atoms with Gasteiger partial charge in [-0.25, -0.2) is 9.82 Å². The minimum atomic E-state index is -0.408. The number of carbonyl (C=O) groups is 2. The molecule has 0 aromatic heterocycles. The van der Waals surface area contributed by atoms with Gasteiger partial charge in [0.05, 0.1) is 6.21 Å². The molecular weight excluding hydrogens is 381 g/mol.